The van der Waals surface area contributed by atoms with Gasteiger partial charge in [-0.25, -0.2) is 0 Å². The molecular formula is C17H17NOS2. The lowest BCUT2D eigenvalue weighted by atomic mass is 10.1. The molecule has 0 N–H and O–H groups in total. The van der Waals surface area contributed by atoms with Crippen LogP contribution in [0.1, 0.15) is 19.4 Å². The van der Waals surface area contributed by atoms with Crippen molar-refractivity contribution < 1.29 is 4.21 Å². The highest BCUT2D eigenvalue weighted by atomic mass is 32.2. The summed E-state index contributed by atoms with van der Waals surface area (Å²) in [4.78, 5) is 5.67. The van der Waals surface area contributed by atoms with Crippen molar-refractivity contribution in [3.8, 4) is 0 Å². The molecule has 1 heterocycles. The average molecular weight is 315 g/mol. The Labute approximate surface area is 132 Å². The Morgan fingerprint density at radius 2 is 1.57 bits per heavy atom. The molecule has 21 heavy (non-hydrogen) atoms. The Hall–Kier alpha value is -1.39. The monoisotopic (exact) mass is 315 g/mol. The predicted octanol–water partition coefficient (Wildman–Crippen LogP) is 4.09. The molecule has 0 aromatic heterocycles. The van der Waals surface area contributed by atoms with Crippen LogP contribution in [0.15, 0.2) is 70.6 Å². The summed E-state index contributed by atoms with van der Waals surface area (Å²) in [6.07, 6.45) is 0. The molecule has 0 saturated carbocycles. The predicted molar refractivity (Wildman–Crippen MR) is 91.3 cm³/mol. The molecular weight excluding hydrogens is 298 g/mol. The van der Waals surface area contributed by atoms with Gasteiger partial charge in [-0.15, -0.1) is 0 Å². The van der Waals surface area contributed by atoms with Crippen molar-refractivity contribution in [2.75, 3.05) is 0 Å². The van der Waals surface area contributed by atoms with E-state index in [4.69, 9.17) is 4.99 Å². The Kier molecular flexibility index (Phi) is 4.00. The van der Waals surface area contributed by atoms with Crippen LogP contribution >= 0.6 is 11.8 Å². The average Bonchev–Trinajstić information content (AvgIpc) is 2.84. The van der Waals surface area contributed by atoms with E-state index >= 15 is 0 Å². The lowest BCUT2D eigenvalue weighted by Gasteiger charge is -2.22. The fraction of sp³-hybridized carbons (Fsp3) is 0.235. The lowest BCUT2D eigenvalue weighted by Crippen LogP contribution is -2.31. The van der Waals surface area contributed by atoms with Gasteiger partial charge in [0.25, 0.3) is 0 Å². The number of hydrogen-bond acceptors (Lipinski definition) is 3. The van der Waals surface area contributed by atoms with Gasteiger partial charge >= 0.3 is 0 Å². The number of aliphatic imine (C=N–C) groups is 1. The maximum Gasteiger partial charge on any atom is 0.115 e. The smallest absolute Gasteiger partial charge is 0.115 e. The van der Waals surface area contributed by atoms with Crippen LogP contribution in [0, 0.1) is 0 Å². The first kappa shape index (κ1) is 14.5. The van der Waals surface area contributed by atoms with Crippen LogP contribution in [0.3, 0.4) is 0 Å². The van der Waals surface area contributed by atoms with E-state index in [9.17, 15) is 4.21 Å². The minimum Gasteiger partial charge on any atom is -0.270 e. The van der Waals surface area contributed by atoms with Crippen LogP contribution in [-0.2, 0) is 10.8 Å². The van der Waals surface area contributed by atoms with Gasteiger partial charge in [-0.2, -0.15) is 0 Å². The maximum absolute atomic E-state index is 12.9. The van der Waals surface area contributed by atoms with E-state index in [0.29, 0.717) is 0 Å². The van der Waals surface area contributed by atoms with Crippen LogP contribution < -0.4 is 0 Å². The summed E-state index contributed by atoms with van der Waals surface area (Å²) >= 11 is 1.62. The molecule has 0 bridgehead atoms. The SMILES string of the molecule is CC1(C)N=C(c2ccccc2)SC1S(=O)c1ccccc1. The number of thioether (sulfide) groups is 1. The molecule has 0 spiro atoms. The first-order valence-electron chi connectivity index (χ1n) is 6.85. The molecule has 3 rings (SSSR count). The minimum absolute atomic E-state index is 0.0601. The number of nitrogens with zero attached hydrogens (tertiary/aromatic N) is 1. The van der Waals surface area contributed by atoms with Crippen molar-refractivity contribution >= 4 is 27.6 Å². The van der Waals surface area contributed by atoms with E-state index in [1.165, 1.54) is 0 Å². The van der Waals surface area contributed by atoms with Gasteiger partial charge in [0.2, 0.25) is 0 Å². The Morgan fingerprint density at radius 3 is 2.19 bits per heavy atom. The lowest BCUT2D eigenvalue weighted by molar-refractivity contribution is 0.569. The molecule has 2 aromatic carbocycles. The molecule has 0 aliphatic carbocycles. The third kappa shape index (κ3) is 2.97. The summed E-state index contributed by atoms with van der Waals surface area (Å²) in [5.74, 6) is 0. The fourth-order valence-corrected chi connectivity index (χ4v) is 5.59. The van der Waals surface area contributed by atoms with E-state index in [1.807, 2.05) is 48.5 Å². The summed E-state index contributed by atoms with van der Waals surface area (Å²) in [6.45, 7) is 4.11. The normalized spacial score (nSPS) is 21.8. The van der Waals surface area contributed by atoms with Gasteiger partial charge in [0, 0.05) is 10.5 Å². The third-order valence-corrected chi connectivity index (χ3v) is 7.23. The molecule has 2 unspecified atom stereocenters. The summed E-state index contributed by atoms with van der Waals surface area (Å²) in [7, 11) is -1.07. The maximum atomic E-state index is 12.9. The second-order valence-electron chi connectivity index (χ2n) is 5.50. The van der Waals surface area contributed by atoms with Crippen molar-refractivity contribution in [1.29, 1.82) is 0 Å². The zero-order valence-electron chi connectivity index (χ0n) is 12.0. The van der Waals surface area contributed by atoms with E-state index in [2.05, 4.69) is 26.0 Å². The summed E-state index contributed by atoms with van der Waals surface area (Å²) < 4.78 is 12.8. The van der Waals surface area contributed by atoms with Crippen LogP contribution in [0.2, 0.25) is 0 Å². The molecule has 0 fully saturated rings. The second-order valence-corrected chi connectivity index (χ2v) is 8.43. The topological polar surface area (TPSA) is 29.4 Å². The molecule has 0 radical (unpaired) electrons. The van der Waals surface area contributed by atoms with Gasteiger partial charge in [0.1, 0.15) is 4.58 Å². The van der Waals surface area contributed by atoms with Gasteiger partial charge in [-0.1, -0.05) is 60.3 Å². The van der Waals surface area contributed by atoms with Crippen molar-refractivity contribution in [1.82, 2.24) is 0 Å². The molecule has 2 atom stereocenters. The molecule has 2 nitrogen and oxygen atoms in total. The summed E-state index contributed by atoms with van der Waals surface area (Å²) in [5, 5.41) is 0.981. The Morgan fingerprint density at radius 1 is 1.00 bits per heavy atom. The molecule has 4 heteroatoms. The Balaban J connectivity index is 1.89. The highest BCUT2D eigenvalue weighted by Gasteiger charge is 2.41. The highest BCUT2D eigenvalue weighted by molar-refractivity contribution is 8.22. The van der Waals surface area contributed by atoms with Crippen LogP contribution in [0.5, 0.6) is 0 Å². The largest absolute Gasteiger partial charge is 0.270 e. The van der Waals surface area contributed by atoms with Gasteiger partial charge in [-0.05, 0) is 26.0 Å². The fourth-order valence-electron chi connectivity index (χ4n) is 2.28. The van der Waals surface area contributed by atoms with Crippen LogP contribution in [0.25, 0.3) is 0 Å². The van der Waals surface area contributed by atoms with Crippen LogP contribution in [0.4, 0.5) is 0 Å². The number of hydrogen-bond donors (Lipinski definition) is 0. The third-order valence-electron chi connectivity index (χ3n) is 3.38. The quantitative estimate of drug-likeness (QED) is 0.853. The Bertz CT molecular complexity index is 680. The molecule has 0 amide bonds. The van der Waals surface area contributed by atoms with Gasteiger partial charge < -0.3 is 0 Å². The van der Waals surface area contributed by atoms with Crippen molar-refractivity contribution in [3.05, 3.63) is 66.2 Å². The standard InChI is InChI=1S/C17H17NOS2/c1-17(2)16(21(19)14-11-7-4-8-12-14)20-15(18-17)13-9-5-3-6-10-13/h3-12,16H,1-2H3. The zero-order chi connectivity index (χ0) is 14.9. The first-order valence-corrected chi connectivity index (χ1v) is 8.95. The molecule has 0 saturated heterocycles. The van der Waals surface area contributed by atoms with Gasteiger partial charge in [0.05, 0.1) is 21.4 Å². The van der Waals surface area contributed by atoms with Crippen molar-refractivity contribution in [2.45, 2.75) is 28.9 Å². The summed E-state index contributed by atoms with van der Waals surface area (Å²) in [6, 6.07) is 19.8. The van der Waals surface area contributed by atoms with Gasteiger partial charge in [0.15, 0.2) is 0 Å². The van der Waals surface area contributed by atoms with E-state index in [1.54, 1.807) is 11.8 Å². The first-order chi connectivity index (χ1) is 10.1. The number of rotatable bonds is 3. The molecule has 1 aliphatic heterocycles. The molecule has 1 aliphatic rings. The summed E-state index contributed by atoms with van der Waals surface area (Å²) in [5.41, 5.74) is 0.763. The van der Waals surface area contributed by atoms with Crippen molar-refractivity contribution in [3.63, 3.8) is 0 Å². The van der Waals surface area contributed by atoms with Gasteiger partial charge in [-0.3, -0.25) is 9.20 Å². The molecule has 2 aromatic rings. The zero-order valence-corrected chi connectivity index (χ0v) is 13.7. The minimum atomic E-state index is -1.07. The van der Waals surface area contributed by atoms with E-state index in [0.717, 1.165) is 15.5 Å². The number of benzene rings is 2. The molecule has 108 valence electrons. The second kappa shape index (κ2) is 5.78. The van der Waals surface area contributed by atoms with Crippen molar-refractivity contribution in [2.24, 2.45) is 4.99 Å². The van der Waals surface area contributed by atoms with E-state index < -0.39 is 10.8 Å². The highest BCUT2D eigenvalue weighted by Crippen LogP contribution is 2.41. The van der Waals surface area contributed by atoms with Crippen LogP contribution in [-0.4, -0.2) is 19.4 Å². The van der Waals surface area contributed by atoms with E-state index in [-0.39, 0.29) is 10.1 Å².